The van der Waals surface area contributed by atoms with E-state index >= 15 is 0 Å². The van der Waals surface area contributed by atoms with E-state index in [0.29, 0.717) is 24.8 Å². The quantitative estimate of drug-likeness (QED) is 0.0598. The Bertz CT molecular complexity index is 1320. The van der Waals surface area contributed by atoms with E-state index < -0.39 is 71.7 Å². The Hall–Kier alpha value is -3.36. The molecule has 2 bridgehead atoms. The fraction of sp³-hybridized carbons (Fsp3) is 0.676. The lowest BCUT2D eigenvalue weighted by Gasteiger charge is -2.49. The molecule has 0 unspecified atom stereocenters. The average Bonchev–Trinajstić information content (AvgIpc) is 3.28. The highest BCUT2D eigenvalue weighted by molar-refractivity contribution is 5.97. The fourth-order valence-corrected chi connectivity index (χ4v) is 7.16. The number of esters is 1. The second-order valence-corrected chi connectivity index (χ2v) is 13.6. The number of carbonyl (C=O) groups excluding carboxylic acids is 1. The van der Waals surface area contributed by atoms with Crippen molar-refractivity contribution in [1.82, 2.24) is 0 Å². The number of carboxylic acids is 3. The minimum absolute atomic E-state index is 0.127. The van der Waals surface area contributed by atoms with Gasteiger partial charge in [0.15, 0.2) is 5.79 Å². The Morgan fingerprint density at radius 3 is 2.02 bits per heavy atom. The number of ether oxygens (including phenoxy) is 4. The van der Waals surface area contributed by atoms with Crippen LogP contribution in [0.25, 0.3) is 0 Å². The first-order valence-corrected chi connectivity index (χ1v) is 17.7. The van der Waals surface area contributed by atoms with Crippen LogP contribution in [0, 0.1) is 5.92 Å². The van der Waals surface area contributed by atoms with Crippen LogP contribution in [0.5, 0.6) is 0 Å². The minimum atomic E-state index is -3.70. The van der Waals surface area contributed by atoms with Crippen LogP contribution in [0.2, 0.25) is 0 Å². The number of aliphatic hydroxyl groups excluding tert-OH is 1. The van der Waals surface area contributed by atoms with Crippen LogP contribution in [0.15, 0.2) is 42.5 Å². The molecule has 0 saturated carbocycles. The van der Waals surface area contributed by atoms with E-state index in [1.54, 1.807) is 0 Å². The lowest BCUT2D eigenvalue weighted by Crippen LogP contribution is -2.78. The maximum Gasteiger partial charge on any atom is 0.343 e. The predicted molar refractivity (Wildman–Crippen MR) is 180 cm³/mol. The van der Waals surface area contributed by atoms with Crippen LogP contribution < -0.4 is 0 Å². The van der Waals surface area contributed by atoms with Gasteiger partial charge in [0.05, 0.1) is 0 Å². The van der Waals surface area contributed by atoms with Crippen molar-refractivity contribution in [1.29, 1.82) is 0 Å². The molecule has 1 aromatic rings. The van der Waals surface area contributed by atoms with Gasteiger partial charge in [-0.3, -0.25) is 4.79 Å². The normalized spacial score (nSPS) is 28.5. The van der Waals surface area contributed by atoms with Crippen molar-refractivity contribution in [3.8, 4) is 0 Å². The Labute approximate surface area is 293 Å². The SMILES string of the molecule is C=C(CC[C@]12O[C@H](C(=O)O)[C@@](O)(C(=O)O)[C@](C(=O)O)(O1)[C@H](OCCCCCCCCCCCC)[C@H]2O)[C@@H](OC(C)=O)[C@H](C)Cc1ccccc1. The maximum atomic E-state index is 13.0. The standard InChI is InChI=1S/C37H54O13/c1-5-6-7-8-9-10-11-12-13-17-22-47-30-29(39)35(49-31(32(40)41)36(46,33(42)43)37(30,50-35)34(44)45)21-20-24(2)28(48-26(4)38)25(3)23-27-18-15-14-16-19-27/h14-16,18-19,25,28-31,39,46H,2,5-13,17,20-23H2,1,3-4H3,(H,40,41)(H,42,43)(H,44,45)/t25-,28-,29-,30-,31-,35+,36-,37+/m1/s1. The van der Waals surface area contributed by atoms with Gasteiger partial charge in [-0.05, 0) is 30.4 Å². The molecule has 13 nitrogen and oxygen atoms in total. The van der Waals surface area contributed by atoms with Crippen LogP contribution in [-0.4, -0.2) is 97.4 Å². The van der Waals surface area contributed by atoms with E-state index in [4.69, 9.17) is 18.9 Å². The average molecular weight is 707 g/mol. The van der Waals surface area contributed by atoms with Gasteiger partial charge in [-0.15, -0.1) is 0 Å². The Morgan fingerprint density at radius 1 is 0.920 bits per heavy atom. The smallest absolute Gasteiger partial charge is 0.343 e. The number of fused-ring (bicyclic) bond motifs is 2. The van der Waals surface area contributed by atoms with Gasteiger partial charge in [-0.25, -0.2) is 14.4 Å². The van der Waals surface area contributed by atoms with Crippen LogP contribution in [-0.2, 0) is 44.5 Å². The summed E-state index contributed by atoms with van der Waals surface area (Å²) in [6.45, 7) is 9.20. The second-order valence-electron chi connectivity index (χ2n) is 13.6. The molecule has 2 aliphatic heterocycles. The molecule has 0 radical (unpaired) electrons. The second kappa shape index (κ2) is 18.2. The molecule has 50 heavy (non-hydrogen) atoms. The molecule has 0 amide bonds. The van der Waals surface area contributed by atoms with Crippen molar-refractivity contribution >= 4 is 23.9 Å². The summed E-state index contributed by atoms with van der Waals surface area (Å²) in [4.78, 5) is 50.0. The summed E-state index contributed by atoms with van der Waals surface area (Å²) in [5, 5.41) is 53.8. The lowest BCUT2D eigenvalue weighted by atomic mass is 9.74. The number of hydrogen-bond donors (Lipinski definition) is 5. The van der Waals surface area contributed by atoms with Gasteiger partial charge in [0.2, 0.25) is 17.3 Å². The Morgan fingerprint density at radius 2 is 1.50 bits per heavy atom. The molecule has 0 aliphatic carbocycles. The first-order chi connectivity index (χ1) is 23.7. The minimum Gasteiger partial charge on any atom is -0.479 e. The summed E-state index contributed by atoms with van der Waals surface area (Å²) in [6.07, 6.45) is 2.40. The molecular weight excluding hydrogens is 652 g/mol. The zero-order chi connectivity index (χ0) is 37.1. The van der Waals surface area contributed by atoms with E-state index in [1.165, 1.54) is 32.6 Å². The molecule has 2 heterocycles. The number of carboxylic acid groups (broad SMARTS) is 3. The Balaban J connectivity index is 1.83. The largest absolute Gasteiger partial charge is 0.479 e. The molecule has 0 aromatic heterocycles. The van der Waals surface area contributed by atoms with E-state index in [1.807, 2.05) is 37.3 Å². The van der Waals surface area contributed by atoms with Crippen LogP contribution in [0.4, 0.5) is 0 Å². The topological polar surface area (TPSA) is 206 Å². The third-order valence-electron chi connectivity index (χ3n) is 9.81. The first-order valence-electron chi connectivity index (χ1n) is 17.7. The maximum absolute atomic E-state index is 13.0. The van der Waals surface area contributed by atoms with Crippen molar-refractivity contribution in [2.45, 2.75) is 146 Å². The van der Waals surface area contributed by atoms with Crippen molar-refractivity contribution in [2.24, 2.45) is 5.92 Å². The Kier molecular flexibility index (Phi) is 15.0. The fourth-order valence-electron chi connectivity index (χ4n) is 7.16. The predicted octanol–water partition coefficient (Wildman–Crippen LogP) is 4.65. The van der Waals surface area contributed by atoms with E-state index in [9.17, 15) is 44.7 Å². The zero-order valence-corrected chi connectivity index (χ0v) is 29.4. The summed E-state index contributed by atoms with van der Waals surface area (Å²) in [7, 11) is 0. The molecule has 5 N–H and O–H groups in total. The van der Waals surface area contributed by atoms with Gasteiger partial charge in [0.1, 0.15) is 18.3 Å². The van der Waals surface area contributed by atoms with E-state index in [2.05, 4.69) is 13.5 Å². The third kappa shape index (κ3) is 8.92. The van der Waals surface area contributed by atoms with Gasteiger partial charge < -0.3 is 44.5 Å². The molecule has 13 heteroatoms. The number of aliphatic carboxylic acids is 3. The molecular formula is C37H54O13. The lowest BCUT2D eigenvalue weighted by molar-refractivity contribution is -0.374. The van der Waals surface area contributed by atoms with Crippen molar-refractivity contribution in [3.63, 3.8) is 0 Å². The molecule has 8 atom stereocenters. The third-order valence-corrected chi connectivity index (χ3v) is 9.81. The number of unbranched alkanes of at least 4 members (excludes halogenated alkanes) is 9. The van der Waals surface area contributed by atoms with Gasteiger partial charge in [-0.1, -0.05) is 109 Å². The molecule has 2 fully saturated rings. The summed E-state index contributed by atoms with van der Waals surface area (Å²) >= 11 is 0. The first kappa shape index (κ1) is 41.1. The number of benzene rings is 1. The summed E-state index contributed by atoms with van der Waals surface area (Å²) in [6, 6.07) is 9.44. The van der Waals surface area contributed by atoms with Crippen molar-refractivity contribution in [2.75, 3.05) is 6.61 Å². The molecule has 0 spiro atoms. The summed E-state index contributed by atoms with van der Waals surface area (Å²) < 4.78 is 22.8. The highest BCUT2D eigenvalue weighted by Crippen LogP contribution is 2.56. The van der Waals surface area contributed by atoms with Crippen molar-refractivity contribution in [3.05, 3.63) is 48.0 Å². The number of carbonyl (C=O) groups is 4. The highest BCUT2D eigenvalue weighted by Gasteiger charge is 2.85. The van der Waals surface area contributed by atoms with Gasteiger partial charge in [0.25, 0.3) is 0 Å². The van der Waals surface area contributed by atoms with Gasteiger partial charge in [0, 0.05) is 25.9 Å². The highest BCUT2D eigenvalue weighted by atomic mass is 16.8. The summed E-state index contributed by atoms with van der Waals surface area (Å²) in [5.41, 5.74) is -5.66. The zero-order valence-electron chi connectivity index (χ0n) is 29.4. The molecule has 3 rings (SSSR count). The monoisotopic (exact) mass is 706 g/mol. The number of rotatable bonds is 23. The van der Waals surface area contributed by atoms with E-state index in [-0.39, 0.29) is 18.9 Å². The van der Waals surface area contributed by atoms with Crippen LogP contribution in [0.3, 0.4) is 0 Å². The van der Waals surface area contributed by atoms with Gasteiger partial charge in [-0.2, -0.15) is 0 Å². The van der Waals surface area contributed by atoms with E-state index in [0.717, 1.165) is 31.2 Å². The number of aliphatic hydroxyl groups is 2. The number of hydrogen-bond acceptors (Lipinski definition) is 10. The molecule has 1 aromatic carbocycles. The molecule has 280 valence electrons. The van der Waals surface area contributed by atoms with Crippen LogP contribution >= 0.6 is 0 Å². The van der Waals surface area contributed by atoms with Crippen molar-refractivity contribution < 1.29 is 63.7 Å². The summed E-state index contributed by atoms with van der Waals surface area (Å²) in [5.74, 6) is -9.58. The molecule has 2 aliphatic rings. The van der Waals surface area contributed by atoms with Crippen LogP contribution in [0.1, 0.15) is 103 Å². The van der Waals surface area contributed by atoms with Gasteiger partial charge >= 0.3 is 23.9 Å². The molecule has 2 saturated heterocycles.